The van der Waals surface area contributed by atoms with Crippen LogP contribution in [0.3, 0.4) is 0 Å². The third-order valence-corrected chi connectivity index (χ3v) is 2.91. The van der Waals surface area contributed by atoms with Crippen molar-refractivity contribution in [3.63, 3.8) is 0 Å². The highest BCUT2D eigenvalue weighted by Gasteiger charge is 2.00. The van der Waals surface area contributed by atoms with Gasteiger partial charge in [-0.15, -0.1) is 0 Å². The Morgan fingerprint density at radius 3 is 2.89 bits per heavy atom. The van der Waals surface area contributed by atoms with Crippen molar-refractivity contribution >= 4 is 40.3 Å². The van der Waals surface area contributed by atoms with Gasteiger partial charge in [0.1, 0.15) is 11.5 Å². The van der Waals surface area contributed by atoms with E-state index in [4.69, 9.17) is 9.15 Å². The molecule has 0 bridgehead atoms. The van der Waals surface area contributed by atoms with Gasteiger partial charge in [0.15, 0.2) is 3.77 Å². The van der Waals surface area contributed by atoms with Crippen LogP contribution >= 0.6 is 22.6 Å². The lowest BCUT2D eigenvalue weighted by Crippen LogP contribution is -2.07. The number of benzene rings is 1. The van der Waals surface area contributed by atoms with Gasteiger partial charge in [0.2, 0.25) is 5.91 Å². The summed E-state index contributed by atoms with van der Waals surface area (Å²) in [5.74, 6) is 1.12. The number of hydrogen-bond donors (Lipinski definition) is 1. The molecule has 2 aromatic rings. The lowest BCUT2D eigenvalue weighted by molar-refractivity contribution is -0.111. The summed E-state index contributed by atoms with van der Waals surface area (Å²) in [5.41, 5.74) is 0.683. The van der Waals surface area contributed by atoms with Crippen LogP contribution < -0.4 is 10.1 Å². The number of amides is 1. The summed E-state index contributed by atoms with van der Waals surface area (Å²) in [6, 6.07) is 10.8. The van der Waals surface area contributed by atoms with E-state index in [1.807, 2.05) is 18.2 Å². The van der Waals surface area contributed by atoms with E-state index in [1.165, 1.54) is 6.08 Å². The first-order chi connectivity index (χ1) is 9.17. The topological polar surface area (TPSA) is 51.5 Å². The number of anilines is 1. The number of halogens is 1. The van der Waals surface area contributed by atoms with Crippen LogP contribution in [0.2, 0.25) is 0 Å². The van der Waals surface area contributed by atoms with Crippen molar-refractivity contribution < 1.29 is 13.9 Å². The molecule has 1 heterocycles. The van der Waals surface area contributed by atoms with Gasteiger partial charge in [-0.1, -0.05) is 6.07 Å². The van der Waals surface area contributed by atoms with Gasteiger partial charge in [-0.2, -0.15) is 0 Å². The summed E-state index contributed by atoms with van der Waals surface area (Å²) in [6.07, 6.45) is 3.05. The summed E-state index contributed by atoms with van der Waals surface area (Å²) >= 11 is 2.07. The van der Waals surface area contributed by atoms with Crippen LogP contribution in [0.15, 0.2) is 46.9 Å². The van der Waals surface area contributed by atoms with E-state index in [0.29, 0.717) is 17.2 Å². The molecule has 0 spiro atoms. The zero-order chi connectivity index (χ0) is 13.7. The summed E-state index contributed by atoms with van der Waals surface area (Å²) < 4.78 is 11.2. The van der Waals surface area contributed by atoms with Crippen LogP contribution in [0.1, 0.15) is 5.76 Å². The highest BCUT2D eigenvalue weighted by Crippen LogP contribution is 2.17. The summed E-state index contributed by atoms with van der Waals surface area (Å²) in [4.78, 5) is 11.7. The van der Waals surface area contributed by atoms with Crippen molar-refractivity contribution in [1.82, 2.24) is 0 Å². The number of methoxy groups -OCH3 is 1. The van der Waals surface area contributed by atoms with Gasteiger partial charge in [-0.3, -0.25) is 4.79 Å². The van der Waals surface area contributed by atoms with Crippen molar-refractivity contribution in [3.05, 3.63) is 52.0 Å². The molecule has 19 heavy (non-hydrogen) atoms. The lowest BCUT2D eigenvalue weighted by Gasteiger charge is -2.04. The van der Waals surface area contributed by atoms with E-state index in [0.717, 1.165) is 3.77 Å². The minimum absolute atomic E-state index is 0.223. The largest absolute Gasteiger partial charge is 0.497 e. The Morgan fingerprint density at radius 2 is 2.21 bits per heavy atom. The molecule has 0 aliphatic rings. The fourth-order valence-corrected chi connectivity index (χ4v) is 1.89. The second kappa shape index (κ2) is 6.42. The van der Waals surface area contributed by atoms with Crippen molar-refractivity contribution in [3.8, 4) is 5.75 Å². The van der Waals surface area contributed by atoms with Crippen LogP contribution in [0, 0.1) is 3.77 Å². The third kappa shape index (κ3) is 4.13. The SMILES string of the molecule is COc1cccc(NC(=O)/C=C/c2ccc(I)o2)c1. The molecule has 0 saturated carbocycles. The number of ether oxygens (including phenoxy) is 1. The molecule has 1 N–H and O–H groups in total. The smallest absolute Gasteiger partial charge is 0.248 e. The molecule has 98 valence electrons. The fraction of sp³-hybridized carbons (Fsp3) is 0.0714. The van der Waals surface area contributed by atoms with Crippen molar-refractivity contribution in [2.45, 2.75) is 0 Å². The molecule has 1 amide bonds. The Bertz CT molecular complexity index is 604. The Labute approximate surface area is 124 Å². The average Bonchev–Trinajstić information content (AvgIpc) is 2.82. The van der Waals surface area contributed by atoms with E-state index in [1.54, 1.807) is 31.4 Å². The molecule has 0 aliphatic heterocycles. The summed E-state index contributed by atoms with van der Waals surface area (Å²) in [7, 11) is 1.58. The molecule has 4 nitrogen and oxygen atoms in total. The number of carbonyl (C=O) groups is 1. The van der Waals surface area contributed by atoms with Gasteiger partial charge in [-0.25, -0.2) is 0 Å². The zero-order valence-electron chi connectivity index (χ0n) is 10.2. The van der Waals surface area contributed by atoms with E-state index in [9.17, 15) is 4.79 Å². The monoisotopic (exact) mass is 369 g/mol. The van der Waals surface area contributed by atoms with Crippen LogP contribution in [-0.4, -0.2) is 13.0 Å². The standard InChI is InChI=1S/C14H12INO3/c1-18-12-4-2-3-10(9-12)16-14(17)8-6-11-5-7-13(15)19-11/h2-9H,1H3,(H,16,17)/b8-6+. The number of hydrogen-bond acceptors (Lipinski definition) is 3. The van der Waals surface area contributed by atoms with Gasteiger partial charge in [0.05, 0.1) is 7.11 Å². The lowest BCUT2D eigenvalue weighted by atomic mass is 10.3. The average molecular weight is 369 g/mol. The Balaban J connectivity index is 1.99. The van der Waals surface area contributed by atoms with Crippen molar-refractivity contribution in [2.75, 3.05) is 12.4 Å². The number of rotatable bonds is 4. The first kappa shape index (κ1) is 13.7. The van der Waals surface area contributed by atoms with Gasteiger partial charge in [0, 0.05) is 17.8 Å². The number of furan rings is 1. The zero-order valence-corrected chi connectivity index (χ0v) is 12.4. The molecular formula is C14H12INO3. The van der Waals surface area contributed by atoms with E-state index < -0.39 is 0 Å². The maximum atomic E-state index is 11.7. The predicted molar refractivity (Wildman–Crippen MR) is 82.1 cm³/mol. The molecule has 1 aromatic carbocycles. The number of nitrogens with one attached hydrogen (secondary N) is 1. The molecule has 0 radical (unpaired) electrons. The molecule has 1 aromatic heterocycles. The molecule has 0 saturated heterocycles. The Morgan fingerprint density at radius 1 is 1.37 bits per heavy atom. The molecule has 0 aliphatic carbocycles. The second-order valence-electron chi connectivity index (χ2n) is 3.70. The first-order valence-corrected chi connectivity index (χ1v) is 6.64. The maximum absolute atomic E-state index is 11.7. The first-order valence-electron chi connectivity index (χ1n) is 5.56. The van der Waals surface area contributed by atoms with Crippen molar-refractivity contribution in [2.24, 2.45) is 0 Å². The van der Waals surface area contributed by atoms with E-state index >= 15 is 0 Å². The van der Waals surface area contributed by atoms with Crippen LogP contribution in [0.25, 0.3) is 6.08 Å². The predicted octanol–water partition coefficient (Wildman–Crippen LogP) is 3.54. The summed E-state index contributed by atoms with van der Waals surface area (Å²) in [6.45, 7) is 0. The van der Waals surface area contributed by atoms with Crippen LogP contribution in [0.4, 0.5) is 5.69 Å². The van der Waals surface area contributed by atoms with Gasteiger partial charge < -0.3 is 14.5 Å². The van der Waals surface area contributed by atoms with E-state index in [2.05, 4.69) is 27.9 Å². The van der Waals surface area contributed by atoms with Gasteiger partial charge >= 0.3 is 0 Å². The normalized spacial score (nSPS) is 10.6. The highest BCUT2D eigenvalue weighted by atomic mass is 127. The van der Waals surface area contributed by atoms with Crippen LogP contribution in [0.5, 0.6) is 5.75 Å². The minimum Gasteiger partial charge on any atom is -0.497 e. The van der Waals surface area contributed by atoms with Gasteiger partial charge in [0.25, 0.3) is 0 Å². The molecule has 5 heteroatoms. The minimum atomic E-state index is -0.223. The summed E-state index contributed by atoms with van der Waals surface area (Å²) in [5, 5.41) is 2.74. The third-order valence-electron chi connectivity index (χ3n) is 2.33. The Hall–Kier alpha value is -1.76. The molecule has 0 fully saturated rings. The maximum Gasteiger partial charge on any atom is 0.248 e. The molecule has 2 rings (SSSR count). The molecular weight excluding hydrogens is 357 g/mol. The fourth-order valence-electron chi connectivity index (χ4n) is 1.46. The molecule has 0 atom stereocenters. The second-order valence-corrected chi connectivity index (χ2v) is 4.76. The highest BCUT2D eigenvalue weighted by molar-refractivity contribution is 14.1. The quantitative estimate of drug-likeness (QED) is 0.663. The van der Waals surface area contributed by atoms with E-state index in [-0.39, 0.29) is 5.91 Å². The number of carbonyl (C=O) groups excluding carboxylic acids is 1. The van der Waals surface area contributed by atoms with Crippen molar-refractivity contribution in [1.29, 1.82) is 0 Å². The molecule has 0 unspecified atom stereocenters. The van der Waals surface area contributed by atoms with Crippen LogP contribution in [-0.2, 0) is 4.79 Å². The van der Waals surface area contributed by atoms with Gasteiger partial charge in [-0.05, 0) is 52.9 Å². The Kier molecular flexibility index (Phi) is 4.62.